The molecule has 24 heavy (non-hydrogen) atoms. The highest BCUT2D eigenvalue weighted by Crippen LogP contribution is 2.33. The molecule has 0 saturated heterocycles. The molecule has 0 rings (SSSR count). The highest BCUT2D eigenvalue weighted by atomic mass is 16.5. The van der Waals surface area contributed by atoms with E-state index in [1.54, 1.807) is 11.2 Å². The Labute approximate surface area is 148 Å². The lowest BCUT2D eigenvalue weighted by atomic mass is 9.76. The number of allylic oxidation sites excluding steroid dienone is 1. The highest BCUT2D eigenvalue weighted by molar-refractivity contribution is 5.08. The van der Waals surface area contributed by atoms with Crippen LogP contribution in [0.4, 0.5) is 0 Å². The molecule has 0 fully saturated rings. The summed E-state index contributed by atoms with van der Waals surface area (Å²) in [5.74, 6) is 6.46. The Hall–Kier alpha value is -0.820. The van der Waals surface area contributed by atoms with Crippen LogP contribution in [0.5, 0.6) is 0 Å². The van der Waals surface area contributed by atoms with Gasteiger partial charge < -0.3 is 25.3 Å². The summed E-state index contributed by atoms with van der Waals surface area (Å²) in [6, 6.07) is 0. The average Bonchev–Trinajstić information content (AvgIpc) is 2.49. The maximum Gasteiger partial charge on any atom is 0.0707 e. The number of nitrogens with zero attached hydrogens (tertiary/aromatic N) is 1. The van der Waals surface area contributed by atoms with Crippen molar-refractivity contribution in [2.45, 2.75) is 60.0 Å². The van der Waals surface area contributed by atoms with Crippen LogP contribution in [0.1, 0.15) is 54.4 Å². The molecule has 0 radical (unpaired) electrons. The van der Waals surface area contributed by atoms with Crippen molar-refractivity contribution in [3.63, 3.8) is 0 Å². The van der Waals surface area contributed by atoms with Gasteiger partial charge in [-0.2, -0.15) is 0 Å². The number of ether oxygens (including phenoxy) is 2. The molecule has 0 aromatic rings. The predicted octanol–water partition coefficient (Wildman–Crippen LogP) is 2.23. The molecule has 0 aliphatic carbocycles. The van der Waals surface area contributed by atoms with E-state index in [9.17, 15) is 0 Å². The molecule has 0 aromatic carbocycles. The third kappa shape index (κ3) is 8.87. The molecule has 5 N–H and O–H groups in total. The number of hydrogen-bond acceptors (Lipinski definition) is 6. The normalized spacial score (nSPS) is 14.8. The van der Waals surface area contributed by atoms with Gasteiger partial charge in [-0.3, -0.25) is 0 Å². The van der Waals surface area contributed by atoms with Gasteiger partial charge in [-0.1, -0.05) is 34.1 Å². The summed E-state index contributed by atoms with van der Waals surface area (Å²) in [6.45, 7) is 14.7. The van der Waals surface area contributed by atoms with E-state index in [2.05, 4.69) is 27.7 Å². The molecule has 1 atom stereocenters. The zero-order valence-corrected chi connectivity index (χ0v) is 16.5. The SMILES string of the molecule is CCC(C)C(C)(C)/C(N)=C/N(N)CCOCCOC(C)(C)CCO. The van der Waals surface area contributed by atoms with Crippen LogP contribution in [-0.4, -0.2) is 48.7 Å². The van der Waals surface area contributed by atoms with E-state index in [1.165, 1.54) is 0 Å². The molecule has 0 heterocycles. The number of aliphatic hydroxyl groups excluding tert-OH is 1. The lowest BCUT2D eigenvalue weighted by Crippen LogP contribution is -2.35. The zero-order valence-electron chi connectivity index (χ0n) is 16.5. The topological polar surface area (TPSA) is 94.0 Å². The first-order valence-corrected chi connectivity index (χ1v) is 8.88. The van der Waals surface area contributed by atoms with E-state index < -0.39 is 0 Å². The Morgan fingerprint density at radius 3 is 2.38 bits per heavy atom. The summed E-state index contributed by atoms with van der Waals surface area (Å²) >= 11 is 0. The van der Waals surface area contributed by atoms with Crippen LogP contribution in [0.2, 0.25) is 0 Å². The maximum absolute atomic E-state index is 8.94. The van der Waals surface area contributed by atoms with Crippen LogP contribution in [0.15, 0.2) is 11.9 Å². The molecule has 0 amide bonds. The van der Waals surface area contributed by atoms with Crippen molar-refractivity contribution in [3.8, 4) is 0 Å². The molecule has 144 valence electrons. The largest absolute Gasteiger partial charge is 0.400 e. The van der Waals surface area contributed by atoms with Crippen molar-refractivity contribution in [3.05, 3.63) is 11.9 Å². The third-order valence-corrected chi connectivity index (χ3v) is 4.82. The van der Waals surface area contributed by atoms with Crippen molar-refractivity contribution in [1.82, 2.24) is 5.01 Å². The maximum atomic E-state index is 8.94. The van der Waals surface area contributed by atoms with E-state index in [0.29, 0.717) is 38.7 Å². The van der Waals surface area contributed by atoms with Gasteiger partial charge in [-0.05, 0) is 26.2 Å². The summed E-state index contributed by atoms with van der Waals surface area (Å²) in [6.07, 6.45) is 3.48. The highest BCUT2D eigenvalue weighted by Gasteiger charge is 2.27. The van der Waals surface area contributed by atoms with Crippen LogP contribution in [0, 0.1) is 11.3 Å². The predicted molar refractivity (Wildman–Crippen MR) is 99.0 cm³/mol. The Bertz CT molecular complexity index is 371. The second-order valence-corrected chi connectivity index (χ2v) is 7.55. The minimum Gasteiger partial charge on any atom is -0.400 e. The number of nitrogens with two attached hydrogens (primary N) is 2. The Kier molecular flexibility index (Phi) is 10.6. The first kappa shape index (κ1) is 23.2. The molecule has 6 heteroatoms. The summed E-state index contributed by atoms with van der Waals surface area (Å²) in [5.41, 5.74) is 6.59. The third-order valence-electron chi connectivity index (χ3n) is 4.82. The molecule has 0 aromatic heterocycles. The Morgan fingerprint density at radius 2 is 1.83 bits per heavy atom. The minimum atomic E-state index is -0.323. The summed E-state index contributed by atoms with van der Waals surface area (Å²) in [4.78, 5) is 0. The number of rotatable bonds is 13. The van der Waals surface area contributed by atoms with Gasteiger partial charge in [0.2, 0.25) is 0 Å². The van der Waals surface area contributed by atoms with Crippen LogP contribution >= 0.6 is 0 Å². The second kappa shape index (κ2) is 10.9. The lowest BCUT2D eigenvalue weighted by Gasteiger charge is -2.32. The lowest BCUT2D eigenvalue weighted by molar-refractivity contribution is -0.0574. The molecule has 0 spiro atoms. The summed E-state index contributed by atoms with van der Waals surface area (Å²) < 4.78 is 11.2. The fraction of sp³-hybridized carbons (Fsp3) is 0.889. The van der Waals surface area contributed by atoms with Crippen molar-refractivity contribution in [1.29, 1.82) is 0 Å². The van der Waals surface area contributed by atoms with Gasteiger partial charge in [0.25, 0.3) is 0 Å². The molecule has 0 bridgehead atoms. The Balaban J connectivity index is 4.06. The zero-order chi connectivity index (χ0) is 18.8. The van der Waals surface area contributed by atoms with E-state index in [-0.39, 0.29) is 17.6 Å². The molecule has 1 unspecified atom stereocenters. The van der Waals surface area contributed by atoms with E-state index in [0.717, 1.165) is 12.1 Å². The average molecular weight is 346 g/mol. The van der Waals surface area contributed by atoms with Crippen LogP contribution in [-0.2, 0) is 9.47 Å². The molecule has 6 nitrogen and oxygen atoms in total. The first-order chi connectivity index (χ1) is 11.1. The van der Waals surface area contributed by atoms with E-state index >= 15 is 0 Å². The standard InChI is InChI=1S/C18H39N3O3/c1-7-15(2)18(5,6)16(19)14-21(20)9-11-23-12-13-24-17(3,4)8-10-22/h14-15,22H,7-13,19-20H2,1-6H3/b16-14-. The Morgan fingerprint density at radius 1 is 1.21 bits per heavy atom. The van der Waals surface area contributed by atoms with Gasteiger partial charge in [-0.15, -0.1) is 0 Å². The van der Waals surface area contributed by atoms with Gasteiger partial charge in [0, 0.05) is 23.9 Å². The summed E-state index contributed by atoms with van der Waals surface area (Å²) in [7, 11) is 0. The fourth-order valence-electron chi connectivity index (χ4n) is 2.19. The minimum absolute atomic E-state index is 0.0840. The van der Waals surface area contributed by atoms with Crippen molar-refractivity contribution in [2.75, 3.05) is 33.0 Å². The van der Waals surface area contributed by atoms with E-state index in [1.807, 2.05) is 13.8 Å². The summed E-state index contributed by atoms with van der Waals surface area (Å²) in [5, 5.41) is 10.5. The second-order valence-electron chi connectivity index (χ2n) is 7.55. The number of hydrazine groups is 1. The van der Waals surface area contributed by atoms with Gasteiger partial charge in [-0.25, -0.2) is 5.84 Å². The van der Waals surface area contributed by atoms with Crippen LogP contribution in [0.25, 0.3) is 0 Å². The van der Waals surface area contributed by atoms with Crippen molar-refractivity contribution in [2.24, 2.45) is 22.9 Å². The quantitative estimate of drug-likeness (QED) is 0.269. The fourth-order valence-corrected chi connectivity index (χ4v) is 2.19. The van der Waals surface area contributed by atoms with Crippen LogP contribution in [0.3, 0.4) is 0 Å². The molecule has 0 aliphatic heterocycles. The number of hydrogen-bond donors (Lipinski definition) is 3. The smallest absolute Gasteiger partial charge is 0.0707 e. The number of aliphatic hydroxyl groups is 1. The van der Waals surface area contributed by atoms with E-state index in [4.69, 9.17) is 26.2 Å². The van der Waals surface area contributed by atoms with Gasteiger partial charge >= 0.3 is 0 Å². The molecular formula is C18H39N3O3. The van der Waals surface area contributed by atoms with Gasteiger partial charge in [0.1, 0.15) is 0 Å². The van der Waals surface area contributed by atoms with Gasteiger partial charge in [0.15, 0.2) is 0 Å². The van der Waals surface area contributed by atoms with Gasteiger partial charge in [0.05, 0.1) is 32.0 Å². The van der Waals surface area contributed by atoms with Crippen LogP contribution < -0.4 is 11.6 Å². The molecular weight excluding hydrogens is 306 g/mol. The monoisotopic (exact) mass is 345 g/mol. The van der Waals surface area contributed by atoms with Crippen molar-refractivity contribution < 1.29 is 14.6 Å². The molecule has 0 aliphatic rings. The molecule has 0 saturated carbocycles. The first-order valence-electron chi connectivity index (χ1n) is 8.88. The van der Waals surface area contributed by atoms with Crippen molar-refractivity contribution >= 4 is 0 Å².